The molecule has 1 aliphatic heterocycles. The van der Waals surface area contributed by atoms with Gasteiger partial charge in [0.15, 0.2) is 0 Å². The van der Waals surface area contributed by atoms with Crippen LogP contribution < -0.4 is 0 Å². The molecule has 0 aromatic rings. The SMILES string of the molecule is O=C(O)CN1C=CC=CN=C1. The maximum absolute atomic E-state index is 10.2. The number of nitrogens with zero attached hydrogens (tertiary/aromatic N) is 2. The molecule has 0 unspecified atom stereocenters. The molecule has 0 amide bonds. The zero-order valence-corrected chi connectivity index (χ0v) is 5.84. The van der Waals surface area contributed by atoms with E-state index in [0.717, 1.165) is 0 Å². The van der Waals surface area contributed by atoms with Gasteiger partial charge in [0.2, 0.25) is 0 Å². The van der Waals surface area contributed by atoms with Gasteiger partial charge in [-0.2, -0.15) is 0 Å². The van der Waals surface area contributed by atoms with Crippen LogP contribution in [0.3, 0.4) is 0 Å². The zero-order valence-electron chi connectivity index (χ0n) is 5.84. The molecule has 1 aliphatic rings. The summed E-state index contributed by atoms with van der Waals surface area (Å²) in [5.41, 5.74) is 0. The van der Waals surface area contributed by atoms with E-state index in [4.69, 9.17) is 5.11 Å². The summed E-state index contributed by atoms with van der Waals surface area (Å²) < 4.78 is 0. The van der Waals surface area contributed by atoms with Gasteiger partial charge in [0.05, 0.1) is 6.34 Å². The molecule has 1 rings (SSSR count). The fraction of sp³-hybridized carbons (Fsp3) is 0.143. The summed E-state index contributed by atoms with van der Waals surface area (Å²) >= 11 is 0. The van der Waals surface area contributed by atoms with E-state index in [9.17, 15) is 4.79 Å². The Kier molecular flexibility index (Phi) is 2.43. The van der Waals surface area contributed by atoms with Gasteiger partial charge in [-0.05, 0) is 12.2 Å². The van der Waals surface area contributed by atoms with Crippen LogP contribution in [0.5, 0.6) is 0 Å². The van der Waals surface area contributed by atoms with E-state index in [1.165, 1.54) is 11.2 Å². The predicted molar refractivity (Wildman–Crippen MR) is 41.1 cm³/mol. The molecule has 0 saturated heterocycles. The number of carboxylic acids is 1. The number of aliphatic imine (C=N–C) groups is 1. The minimum Gasteiger partial charge on any atom is -0.480 e. The Hall–Kier alpha value is -1.58. The van der Waals surface area contributed by atoms with E-state index in [1.807, 2.05) is 0 Å². The lowest BCUT2D eigenvalue weighted by Crippen LogP contribution is -2.22. The van der Waals surface area contributed by atoms with Gasteiger partial charge in [-0.3, -0.25) is 4.79 Å². The fourth-order valence-electron chi connectivity index (χ4n) is 0.672. The smallest absolute Gasteiger partial charge is 0.323 e. The number of aliphatic carboxylic acids is 1. The minimum atomic E-state index is -0.872. The molecule has 0 aromatic heterocycles. The summed E-state index contributed by atoms with van der Waals surface area (Å²) in [5, 5.41) is 8.40. The third-order valence-corrected chi connectivity index (χ3v) is 1.09. The van der Waals surface area contributed by atoms with Crippen LogP contribution in [0.1, 0.15) is 0 Å². The summed E-state index contributed by atoms with van der Waals surface area (Å²) in [7, 11) is 0. The van der Waals surface area contributed by atoms with E-state index in [0.29, 0.717) is 0 Å². The Morgan fingerprint density at radius 2 is 2.36 bits per heavy atom. The molecular weight excluding hydrogens is 144 g/mol. The van der Waals surface area contributed by atoms with Crippen molar-refractivity contribution in [3.05, 3.63) is 24.6 Å². The summed E-state index contributed by atoms with van der Waals surface area (Å²) in [4.78, 5) is 15.5. The molecule has 0 bridgehead atoms. The first-order valence-corrected chi connectivity index (χ1v) is 3.13. The number of carboxylic acid groups (broad SMARTS) is 1. The number of hydrogen-bond donors (Lipinski definition) is 1. The number of allylic oxidation sites excluding steroid dienone is 2. The van der Waals surface area contributed by atoms with E-state index >= 15 is 0 Å². The second-order valence-electron chi connectivity index (χ2n) is 2.01. The summed E-state index contributed by atoms with van der Waals surface area (Å²) in [5.74, 6) is -0.872. The van der Waals surface area contributed by atoms with Gasteiger partial charge in [0.25, 0.3) is 0 Å². The Morgan fingerprint density at radius 3 is 3.09 bits per heavy atom. The molecule has 4 nitrogen and oxygen atoms in total. The maximum atomic E-state index is 10.2. The molecule has 4 heteroatoms. The van der Waals surface area contributed by atoms with Gasteiger partial charge < -0.3 is 10.0 Å². The fourth-order valence-corrected chi connectivity index (χ4v) is 0.672. The highest BCUT2D eigenvalue weighted by atomic mass is 16.4. The van der Waals surface area contributed by atoms with Crippen LogP contribution in [0.2, 0.25) is 0 Å². The first-order chi connectivity index (χ1) is 5.29. The highest BCUT2D eigenvalue weighted by molar-refractivity contribution is 5.73. The van der Waals surface area contributed by atoms with Crippen molar-refractivity contribution in [1.82, 2.24) is 4.90 Å². The molecule has 0 fully saturated rings. The largest absolute Gasteiger partial charge is 0.480 e. The van der Waals surface area contributed by atoms with Crippen molar-refractivity contribution >= 4 is 12.3 Å². The topological polar surface area (TPSA) is 52.9 Å². The van der Waals surface area contributed by atoms with Crippen LogP contribution in [0, 0.1) is 0 Å². The van der Waals surface area contributed by atoms with Gasteiger partial charge in [0, 0.05) is 12.4 Å². The monoisotopic (exact) mass is 152 g/mol. The summed E-state index contributed by atoms with van der Waals surface area (Å²) in [6.45, 7) is -0.0539. The van der Waals surface area contributed by atoms with Gasteiger partial charge in [-0.25, -0.2) is 4.99 Å². The first kappa shape index (κ1) is 7.53. The molecular formula is C7H8N2O2. The first-order valence-electron chi connectivity index (χ1n) is 3.13. The van der Waals surface area contributed by atoms with E-state index in [2.05, 4.69) is 4.99 Å². The van der Waals surface area contributed by atoms with Gasteiger partial charge in [-0.1, -0.05) is 0 Å². The molecule has 1 heterocycles. The quantitative estimate of drug-likeness (QED) is 0.624. The van der Waals surface area contributed by atoms with Crippen molar-refractivity contribution < 1.29 is 9.90 Å². The average Bonchev–Trinajstić information content (AvgIpc) is 2.14. The van der Waals surface area contributed by atoms with Crippen LogP contribution in [-0.2, 0) is 4.79 Å². The second-order valence-corrected chi connectivity index (χ2v) is 2.01. The highest BCUT2D eigenvalue weighted by Crippen LogP contribution is 1.92. The molecule has 0 radical (unpaired) electrons. The number of carbonyl (C=O) groups is 1. The van der Waals surface area contributed by atoms with Gasteiger partial charge >= 0.3 is 5.97 Å². The predicted octanol–water partition coefficient (Wildman–Crippen LogP) is 0.442. The lowest BCUT2D eigenvalue weighted by Gasteiger charge is -2.08. The van der Waals surface area contributed by atoms with Crippen molar-refractivity contribution in [3.8, 4) is 0 Å². The molecule has 58 valence electrons. The third kappa shape index (κ3) is 2.66. The van der Waals surface area contributed by atoms with Crippen LogP contribution in [-0.4, -0.2) is 28.9 Å². The van der Waals surface area contributed by atoms with Crippen molar-refractivity contribution in [2.45, 2.75) is 0 Å². The lowest BCUT2D eigenvalue weighted by atomic mass is 10.5. The summed E-state index contributed by atoms with van der Waals surface area (Å²) in [6, 6.07) is 0. The van der Waals surface area contributed by atoms with Gasteiger partial charge in [-0.15, -0.1) is 0 Å². The Labute approximate surface area is 64.2 Å². The van der Waals surface area contributed by atoms with Crippen LogP contribution in [0.25, 0.3) is 0 Å². The average molecular weight is 152 g/mol. The molecule has 0 aromatic carbocycles. The highest BCUT2D eigenvalue weighted by Gasteiger charge is 2.01. The number of hydrogen-bond acceptors (Lipinski definition) is 3. The van der Waals surface area contributed by atoms with E-state index in [1.54, 1.807) is 24.6 Å². The molecule has 0 atom stereocenters. The van der Waals surface area contributed by atoms with E-state index in [-0.39, 0.29) is 6.54 Å². The molecule has 0 saturated carbocycles. The van der Waals surface area contributed by atoms with Crippen LogP contribution >= 0.6 is 0 Å². The van der Waals surface area contributed by atoms with Crippen molar-refractivity contribution in [2.24, 2.45) is 4.99 Å². The molecule has 0 aliphatic carbocycles. The number of rotatable bonds is 2. The Bertz CT molecular complexity index is 215. The minimum absolute atomic E-state index is 0.0539. The Balaban J connectivity index is 2.53. The zero-order chi connectivity index (χ0) is 8.10. The third-order valence-electron chi connectivity index (χ3n) is 1.09. The standard InChI is InChI=1S/C7H8N2O2/c10-7(11)5-9-4-2-1-3-8-6-9/h1-4,6H,5H2,(H,10,11). The Morgan fingerprint density at radius 1 is 1.55 bits per heavy atom. The summed E-state index contributed by atoms with van der Waals surface area (Å²) in [6.07, 6.45) is 8.18. The van der Waals surface area contributed by atoms with Crippen molar-refractivity contribution in [2.75, 3.05) is 6.54 Å². The van der Waals surface area contributed by atoms with Crippen molar-refractivity contribution in [1.29, 1.82) is 0 Å². The normalized spacial score (nSPS) is 15.1. The van der Waals surface area contributed by atoms with Crippen molar-refractivity contribution in [3.63, 3.8) is 0 Å². The van der Waals surface area contributed by atoms with Crippen LogP contribution in [0.4, 0.5) is 0 Å². The lowest BCUT2D eigenvalue weighted by molar-refractivity contribution is -0.136. The molecule has 1 N–H and O–H groups in total. The van der Waals surface area contributed by atoms with E-state index < -0.39 is 5.97 Å². The van der Waals surface area contributed by atoms with Gasteiger partial charge in [0.1, 0.15) is 6.54 Å². The molecule has 0 spiro atoms. The molecule has 11 heavy (non-hydrogen) atoms. The maximum Gasteiger partial charge on any atom is 0.323 e. The van der Waals surface area contributed by atoms with Crippen LogP contribution in [0.15, 0.2) is 29.5 Å². The second kappa shape index (κ2) is 3.55.